The first-order chi connectivity index (χ1) is 10.4. The molecule has 0 saturated heterocycles. The first-order valence-electron chi connectivity index (χ1n) is 7.05. The standard InChI is InChI=1S/C17H18N4/c1-18-12-16-13-19-20-21(16)17-10-6-5-9-15(17)11-14-7-3-2-4-8-14/h2-10,13,18H,11-12H2,1H3. The molecule has 3 aromatic rings. The molecule has 21 heavy (non-hydrogen) atoms. The van der Waals surface area contributed by atoms with Crippen LogP contribution in [0.1, 0.15) is 16.8 Å². The van der Waals surface area contributed by atoms with E-state index in [2.05, 4.69) is 58.1 Å². The molecule has 0 spiro atoms. The van der Waals surface area contributed by atoms with E-state index in [9.17, 15) is 0 Å². The highest BCUT2D eigenvalue weighted by Crippen LogP contribution is 2.19. The van der Waals surface area contributed by atoms with Crippen molar-refractivity contribution in [3.05, 3.63) is 77.6 Å². The Balaban J connectivity index is 1.98. The first kappa shape index (κ1) is 13.5. The third-order valence-electron chi connectivity index (χ3n) is 3.43. The highest BCUT2D eigenvalue weighted by Gasteiger charge is 2.10. The third-order valence-corrected chi connectivity index (χ3v) is 3.43. The van der Waals surface area contributed by atoms with Gasteiger partial charge in [0.05, 0.1) is 17.6 Å². The number of hydrogen-bond acceptors (Lipinski definition) is 3. The number of para-hydroxylation sites is 1. The molecule has 4 nitrogen and oxygen atoms in total. The zero-order chi connectivity index (χ0) is 14.5. The van der Waals surface area contributed by atoms with Gasteiger partial charge in [0, 0.05) is 6.54 Å². The van der Waals surface area contributed by atoms with Crippen molar-refractivity contribution >= 4 is 0 Å². The fourth-order valence-electron chi connectivity index (χ4n) is 2.44. The van der Waals surface area contributed by atoms with Gasteiger partial charge in [-0.05, 0) is 30.7 Å². The molecule has 1 aromatic heterocycles. The normalized spacial score (nSPS) is 10.7. The Kier molecular flexibility index (Phi) is 4.07. The summed E-state index contributed by atoms with van der Waals surface area (Å²) < 4.78 is 1.91. The molecular weight excluding hydrogens is 260 g/mol. The van der Waals surface area contributed by atoms with Gasteiger partial charge in [-0.1, -0.05) is 53.7 Å². The maximum Gasteiger partial charge on any atom is 0.0783 e. The molecule has 0 amide bonds. The van der Waals surface area contributed by atoms with E-state index >= 15 is 0 Å². The summed E-state index contributed by atoms with van der Waals surface area (Å²) in [6, 6.07) is 18.8. The first-order valence-corrected chi connectivity index (χ1v) is 7.05. The lowest BCUT2D eigenvalue weighted by Crippen LogP contribution is -2.12. The Bertz CT molecular complexity index is 704. The minimum Gasteiger partial charge on any atom is -0.314 e. The predicted octanol–water partition coefficient (Wildman–Crippen LogP) is 2.58. The van der Waals surface area contributed by atoms with Crippen LogP contribution in [-0.4, -0.2) is 22.0 Å². The van der Waals surface area contributed by atoms with Crippen molar-refractivity contribution in [2.45, 2.75) is 13.0 Å². The van der Waals surface area contributed by atoms with Crippen molar-refractivity contribution in [3.8, 4) is 5.69 Å². The fourth-order valence-corrected chi connectivity index (χ4v) is 2.44. The van der Waals surface area contributed by atoms with Crippen LogP contribution in [0, 0.1) is 0 Å². The Morgan fingerprint density at radius 2 is 1.76 bits per heavy atom. The summed E-state index contributed by atoms with van der Waals surface area (Å²) in [5.41, 5.74) is 4.67. The second kappa shape index (κ2) is 6.33. The zero-order valence-corrected chi connectivity index (χ0v) is 12.0. The molecule has 0 aliphatic carbocycles. The van der Waals surface area contributed by atoms with Crippen molar-refractivity contribution in [2.24, 2.45) is 0 Å². The van der Waals surface area contributed by atoms with Crippen molar-refractivity contribution < 1.29 is 0 Å². The highest BCUT2D eigenvalue weighted by atomic mass is 15.4. The molecule has 4 heteroatoms. The molecule has 0 atom stereocenters. The van der Waals surface area contributed by atoms with Crippen LogP contribution in [0.2, 0.25) is 0 Å². The van der Waals surface area contributed by atoms with Gasteiger partial charge in [0.1, 0.15) is 0 Å². The van der Waals surface area contributed by atoms with Crippen LogP contribution in [0.5, 0.6) is 0 Å². The molecule has 106 valence electrons. The van der Waals surface area contributed by atoms with Gasteiger partial charge >= 0.3 is 0 Å². The van der Waals surface area contributed by atoms with Gasteiger partial charge in [-0.25, -0.2) is 4.68 Å². The van der Waals surface area contributed by atoms with E-state index in [1.165, 1.54) is 11.1 Å². The summed E-state index contributed by atoms with van der Waals surface area (Å²) in [5.74, 6) is 0. The Hall–Kier alpha value is -2.46. The summed E-state index contributed by atoms with van der Waals surface area (Å²) in [4.78, 5) is 0. The van der Waals surface area contributed by atoms with E-state index in [4.69, 9.17) is 0 Å². The Labute approximate surface area is 124 Å². The monoisotopic (exact) mass is 278 g/mol. The van der Waals surface area contributed by atoms with E-state index in [1.807, 2.05) is 23.9 Å². The molecule has 0 unspecified atom stereocenters. The van der Waals surface area contributed by atoms with E-state index in [0.717, 1.165) is 24.3 Å². The quantitative estimate of drug-likeness (QED) is 0.780. The molecule has 0 bridgehead atoms. The minimum absolute atomic E-state index is 0.743. The molecule has 0 fully saturated rings. The van der Waals surface area contributed by atoms with Crippen LogP contribution in [-0.2, 0) is 13.0 Å². The van der Waals surface area contributed by atoms with E-state index in [0.29, 0.717) is 0 Å². The average Bonchev–Trinajstić information content (AvgIpc) is 2.97. The van der Waals surface area contributed by atoms with Gasteiger partial charge < -0.3 is 5.32 Å². The Morgan fingerprint density at radius 1 is 1.00 bits per heavy atom. The van der Waals surface area contributed by atoms with E-state index < -0.39 is 0 Å². The predicted molar refractivity (Wildman–Crippen MR) is 83.4 cm³/mol. The van der Waals surface area contributed by atoms with Crippen molar-refractivity contribution in [1.29, 1.82) is 0 Å². The summed E-state index contributed by atoms with van der Waals surface area (Å²) in [5, 5.41) is 11.4. The summed E-state index contributed by atoms with van der Waals surface area (Å²) in [7, 11) is 1.92. The molecule has 0 radical (unpaired) electrons. The smallest absolute Gasteiger partial charge is 0.0783 e. The lowest BCUT2D eigenvalue weighted by atomic mass is 10.0. The number of benzene rings is 2. The molecular formula is C17H18N4. The highest BCUT2D eigenvalue weighted by molar-refractivity contribution is 5.43. The maximum atomic E-state index is 4.23. The van der Waals surface area contributed by atoms with Crippen LogP contribution in [0.3, 0.4) is 0 Å². The summed E-state index contributed by atoms with van der Waals surface area (Å²) >= 11 is 0. The molecule has 1 N–H and O–H groups in total. The number of hydrogen-bond donors (Lipinski definition) is 1. The topological polar surface area (TPSA) is 42.7 Å². The van der Waals surface area contributed by atoms with Crippen LogP contribution in [0.4, 0.5) is 0 Å². The number of nitrogens with one attached hydrogen (secondary N) is 1. The van der Waals surface area contributed by atoms with Gasteiger partial charge in [-0.15, -0.1) is 5.10 Å². The van der Waals surface area contributed by atoms with Gasteiger partial charge in [-0.2, -0.15) is 0 Å². The molecule has 1 heterocycles. The summed E-state index contributed by atoms with van der Waals surface area (Å²) in [6.45, 7) is 0.743. The molecule has 2 aromatic carbocycles. The lowest BCUT2D eigenvalue weighted by molar-refractivity contribution is 0.710. The third kappa shape index (κ3) is 3.01. The van der Waals surface area contributed by atoms with Crippen LogP contribution in [0.15, 0.2) is 60.8 Å². The average molecular weight is 278 g/mol. The van der Waals surface area contributed by atoms with Crippen LogP contribution >= 0.6 is 0 Å². The molecule has 3 rings (SSSR count). The second-order valence-electron chi connectivity index (χ2n) is 4.96. The molecule has 0 aliphatic heterocycles. The lowest BCUT2D eigenvalue weighted by Gasteiger charge is -2.11. The van der Waals surface area contributed by atoms with Gasteiger partial charge in [-0.3, -0.25) is 0 Å². The van der Waals surface area contributed by atoms with Gasteiger partial charge in [0.2, 0.25) is 0 Å². The van der Waals surface area contributed by atoms with Crippen molar-refractivity contribution in [1.82, 2.24) is 20.3 Å². The zero-order valence-electron chi connectivity index (χ0n) is 12.0. The van der Waals surface area contributed by atoms with Crippen LogP contribution in [0.25, 0.3) is 5.69 Å². The number of nitrogens with zero attached hydrogens (tertiary/aromatic N) is 3. The molecule has 0 aliphatic rings. The van der Waals surface area contributed by atoms with Crippen LogP contribution < -0.4 is 5.32 Å². The minimum atomic E-state index is 0.743. The Morgan fingerprint density at radius 3 is 2.57 bits per heavy atom. The van der Waals surface area contributed by atoms with Gasteiger partial charge in [0.15, 0.2) is 0 Å². The van der Waals surface area contributed by atoms with Crippen molar-refractivity contribution in [2.75, 3.05) is 7.05 Å². The van der Waals surface area contributed by atoms with E-state index in [1.54, 1.807) is 6.20 Å². The summed E-state index contributed by atoms with van der Waals surface area (Å²) in [6.07, 6.45) is 2.69. The number of rotatable bonds is 5. The number of aromatic nitrogens is 3. The largest absolute Gasteiger partial charge is 0.314 e. The van der Waals surface area contributed by atoms with E-state index in [-0.39, 0.29) is 0 Å². The van der Waals surface area contributed by atoms with Gasteiger partial charge in [0.25, 0.3) is 0 Å². The second-order valence-corrected chi connectivity index (χ2v) is 4.96. The van der Waals surface area contributed by atoms with Crippen molar-refractivity contribution in [3.63, 3.8) is 0 Å². The fraction of sp³-hybridized carbons (Fsp3) is 0.176. The SMILES string of the molecule is CNCc1cnnn1-c1ccccc1Cc1ccccc1. The molecule has 0 saturated carbocycles. The maximum absolute atomic E-state index is 4.23.